The van der Waals surface area contributed by atoms with Crippen LogP contribution in [0.4, 0.5) is 0 Å². The summed E-state index contributed by atoms with van der Waals surface area (Å²) in [4.78, 5) is 24.2. The number of benzene rings is 1. The minimum Gasteiger partial charge on any atom is -0.550 e. The molecule has 0 spiro atoms. The standard InChI is InChI=1S/C17H23NO4/c1-2-3-4-9-22-15-7-5-13(6-8-15)11-18-12-14(17(20)21)10-16(18)19/h5-8,14H,2-4,9-12H2,1H3,(H,20,21)/p-1/t14-/m1/s1. The van der Waals surface area contributed by atoms with Gasteiger partial charge in [-0.1, -0.05) is 31.9 Å². The monoisotopic (exact) mass is 304 g/mol. The topological polar surface area (TPSA) is 69.7 Å². The number of carboxylic acids is 1. The average molecular weight is 304 g/mol. The molecular formula is C17H22NO4-. The number of amides is 1. The van der Waals surface area contributed by atoms with Crippen LogP contribution in [0.2, 0.25) is 0 Å². The van der Waals surface area contributed by atoms with Crippen LogP contribution in [0, 0.1) is 5.92 Å². The van der Waals surface area contributed by atoms with E-state index in [-0.39, 0.29) is 18.9 Å². The lowest BCUT2D eigenvalue weighted by Gasteiger charge is -2.17. The van der Waals surface area contributed by atoms with Gasteiger partial charge in [0.1, 0.15) is 5.75 Å². The number of rotatable bonds is 8. The molecule has 0 bridgehead atoms. The Hall–Kier alpha value is -2.04. The number of hydrogen-bond donors (Lipinski definition) is 0. The number of unbranched alkanes of at least 4 members (excludes halogenated alkanes) is 2. The van der Waals surface area contributed by atoms with Crippen LogP contribution in [0.25, 0.3) is 0 Å². The molecule has 1 aromatic rings. The summed E-state index contributed by atoms with van der Waals surface area (Å²) in [6, 6.07) is 7.60. The molecular weight excluding hydrogens is 282 g/mol. The summed E-state index contributed by atoms with van der Waals surface area (Å²) in [6.45, 7) is 3.53. The summed E-state index contributed by atoms with van der Waals surface area (Å²) in [7, 11) is 0. The first-order valence-electron chi connectivity index (χ1n) is 7.80. The van der Waals surface area contributed by atoms with E-state index < -0.39 is 11.9 Å². The lowest BCUT2D eigenvalue weighted by molar-refractivity contribution is -0.311. The largest absolute Gasteiger partial charge is 0.550 e. The molecule has 0 radical (unpaired) electrons. The molecule has 1 atom stereocenters. The molecule has 5 heteroatoms. The summed E-state index contributed by atoms with van der Waals surface area (Å²) < 4.78 is 5.64. The van der Waals surface area contributed by atoms with Gasteiger partial charge in [0.25, 0.3) is 0 Å². The molecule has 22 heavy (non-hydrogen) atoms. The van der Waals surface area contributed by atoms with Gasteiger partial charge in [0, 0.05) is 31.4 Å². The number of likely N-dealkylation sites (tertiary alicyclic amines) is 1. The molecule has 5 nitrogen and oxygen atoms in total. The van der Waals surface area contributed by atoms with E-state index in [1.165, 1.54) is 6.42 Å². The van der Waals surface area contributed by atoms with E-state index in [0.29, 0.717) is 13.2 Å². The molecule has 0 N–H and O–H groups in total. The normalized spacial score (nSPS) is 17.8. The molecule has 1 aliphatic rings. The van der Waals surface area contributed by atoms with Crippen molar-refractivity contribution in [2.45, 2.75) is 39.2 Å². The van der Waals surface area contributed by atoms with Crippen molar-refractivity contribution in [3.63, 3.8) is 0 Å². The maximum atomic E-state index is 11.8. The van der Waals surface area contributed by atoms with E-state index in [4.69, 9.17) is 4.74 Å². The summed E-state index contributed by atoms with van der Waals surface area (Å²) in [5, 5.41) is 10.8. The zero-order valence-electron chi connectivity index (χ0n) is 12.9. The van der Waals surface area contributed by atoms with Crippen LogP contribution in [0.3, 0.4) is 0 Å². The van der Waals surface area contributed by atoms with Crippen molar-refractivity contribution >= 4 is 11.9 Å². The molecule has 1 amide bonds. The van der Waals surface area contributed by atoms with Crippen LogP contribution in [-0.2, 0) is 16.1 Å². The van der Waals surface area contributed by atoms with Gasteiger partial charge in [-0.3, -0.25) is 4.79 Å². The van der Waals surface area contributed by atoms with E-state index in [9.17, 15) is 14.7 Å². The van der Waals surface area contributed by atoms with Crippen molar-refractivity contribution in [2.75, 3.05) is 13.2 Å². The van der Waals surface area contributed by atoms with Gasteiger partial charge in [-0.2, -0.15) is 0 Å². The summed E-state index contributed by atoms with van der Waals surface area (Å²) in [6.07, 6.45) is 3.42. The number of carbonyl (C=O) groups is 2. The molecule has 0 unspecified atom stereocenters. The number of carbonyl (C=O) groups excluding carboxylic acids is 2. The highest BCUT2D eigenvalue weighted by molar-refractivity contribution is 5.85. The van der Waals surface area contributed by atoms with Crippen molar-refractivity contribution in [3.05, 3.63) is 29.8 Å². The van der Waals surface area contributed by atoms with Crippen LogP contribution in [0.5, 0.6) is 5.75 Å². The predicted molar refractivity (Wildman–Crippen MR) is 80.0 cm³/mol. The van der Waals surface area contributed by atoms with Gasteiger partial charge in [0.2, 0.25) is 5.91 Å². The van der Waals surface area contributed by atoms with Crippen molar-refractivity contribution in [1.82, 2.24) is 4.90 Å². The van der Waals surface area contributed by atoms with E-state index in [1.807, 2.05) is 24.3 Å². The van der Waals surface area contributed by atoms with Crippen molar-refractivity contribution in [2.24, 2.45) is 5.92 Å². The van der Waals surface area contributed by atoms with Gasteiger partial charge in [-0.25, -0.2) is 0 Å². The molecule has 1 aliphatic heterocycles. The molecule has 2 rings (SSSR count). The highest BCUT2D eigenvalue weighted by atomic mass is 16.5. The minimum atomic E-state index is -1.15. The summed E-state index contributed by atoms with van der Waals surface area (Å²) in [5.74, 6) is -1.14. The Balaban J connectivity index is 1.83. The molecule has 1 aromatic carbocycles. The fourth-order valence-electron chi connectivity index (χ4n) is 2.54. The van der Waals surface area contributed by atoms with Gasteiger partial charge in [-0.15, -0.1) is 0 Å². The molecule has 1 heterocycles. The summed E-state index contributed by atoms with van der Waals surface area (Å²) >= 11 is 0. The van der Waals surface area contributed by atoms with Gasteiger partial charge in [0.05, 0.1) is 6.61 Å². The minimum absolute atomic E-state index is 0.0426. The number of aliphatic carboxylic acids is 1. The number of hydrogen-bond acceptors (Lipinski definition) is 4. The second kappa shape index (κ2) is 7.82. The first kappa shape index (κ1) is 16.3. The quantitative estimate of drug-likeness (QED) is 0.680. The molecule has 0 aromatic heterocycles. The summed E-state index contributed by atoms with van der Waals surface area (Å²) in [5.41, 5.74) is 0.966. The third kappa shape index (κ3) is 4.48. The molecule has 0 aliphatic carbocycles. The van der Waals surface area contributed by atoms with E-state index >= 15 is 0 Å². The van der Waals surface area contributed by atoms with Gasteiger partial charge >= 0.3 is 0 Å². The Bertz CT molecular complexity index is 512. The maximum absolute atomic E-state index is 11.8. The third-order valence-electron chi connectivity index (χ3n) is 3.86. The molecule has 1 fully saturated rings. The number of nitrogens with zero attached hydrogens (tertiary/aromatic N) is 1. The van der Waals surface area contributed by atoms with Gasteiger partial charge < -0.3 is 19.5 Å². The van der Waals surface area contributed by atoms with E-state index in [0.717, 1.165) is 24.2 Å². The van der Waals surface area contributed by atoms with Crippen molar-refractivity contribution in [3.8, 4) is 5.75 Å². The second-order valence-corrected chi connectivity index (χ2v) is 5.69. The Kier molecular flexibility index (Phi) is 5.81. The second-order valence-electron chi connectivity index (χ2n) is 5.69. The molecule has 0 saturated carbocycles. The van der Waals surface area contributed by atoms with E-state index in [2.05, 4.69) is 6.92 Å². The van der Waals surface area contributed by atoms with Crippen molar-refractivity contribution in [1.29, 1.82) is 0 Å². The first-order chi connectivity index (χ1) is 10.6. The van der Waals surface area contributed by atoms with Crippen LogP contribution in [-0.4, -0.2) is 29.9 Å². The zero-order chi connectivity index (χ0) is 15.9. The zero-order valence-corrected chi connectivity index (χ0v) is 12.9. The Morgan fingerprint density at radius 3 is 2.64 bits per heavy atom. The van der Waals surface area contributed by atoms with Crippen LogP contribution in [0.15, 0.2) is 24.3 Å². The van der Waals surface area contributed by atoms with Crippen LogP contribution in [0.1, 0.15) is 38.2 Å². The molecule has 120 valence electrons. The lowest BCUT2D eigenvalue weighted by Crippen LogP contribution is -2.33. The Morgan fingerprint density at radius 1 is 1.32 bits per heavy atom. The third-order valence-corrected chi connectivity index (χ3v) is 3.86. The lowest BCUT2D eigenvalue weighted by atomic mass is 10.1. The van der Waals surface area contributed by atoms with Crippen LogP contribution < -0.4 is 9.84 Å². The van der Waals surface area contributed by atoms with Gasteiger partial charge in [0.15, 0.2) is 0 Å². The number of carboxylic acid groups (broad SMARTS) is 1. The smallest absolute Gasteiger partial charge is 0.223 e. The van der Waals surface area contributed by atoms with Crippen LogP contribution >= 0.6 is 0 Å². The predicted octanol–water partition coefficient (Wildman–Crippen LogP) is 1.35. The van der Waals surface area contributed by atoms with Crippen molar-refractivity contribution < 1.29 is 19.4 Å². The fraction of sp³-hybridized carbons (Fsp3) is 0.529. The number of ether oxygens (including phenoxy) is 1. The fourth-order valence-corrected chi connectivity index (χ4v) is 2.54. The Labute approximate surface area is 130 Å². The first-order valence-corrected chi connectivity index (χ1v) is 7.80. The maximum Gasteiger partial charge on any atom is 0.223 e. The van der Waals surface area contributed by atoms with Gasteiger partial charge in [-0.05, 0) is 24.1 Å². The van der Waals surface area contributed by atoms with E-state index in [1.54, 1.807) is 4.90 Å². The Morgan fingerprint density at radius 2 is 2.05 bits per heavy atom. The molecule has 1 saturated heterocycles. The average Bonchev–Trinajstić information content (AvgIpc) is 2.87. The highest BCUT2D eigenvalue weighted by Crippen LogP contribution is 2.21. The highest BCUT2D eigenvalue weighted by Gasteiger charge is 2.30. The SMILES string of the molecule is CCCCCOc1ccc(CN2C[C@H](C(=O)[O-])CC2=O)cc1.